The molecule has 0 saturated heterocycles. The van der Waals surface area contributed by atoms with E-state index in [1.807, 2.05) is 0 Å². The molecule has 106 valence electrons. The minimum absolute atomic E-state index is 0.0224. The third-order valence-electron chi connectivity index (χ3n) is 3.29. The van der Waals surface area contributed by atoms with Crippen molar-refractivity contribution in [2.75, 3.05) is 0 Å². The largest absolute Gasteiger partial charge is 0.406 e. The Bertz CT molecular complexity index is 497. The number of hydrogen-bond acceptors (Lipinski definition) is 1. The summed E-state index contributed by atoms with van der Waals surface area (Å²) in [6, 6.07) is 1.54. The Morgan fingerprint density at radius 3 is 2.26 bits per heavy atom. The second-order valence-electron chi connectivity index (χ2n) is 4.73. The molecule has 1 nitrogen and oxygen atoms in total. The van der Waals surface area contributed by atoms with E-state index in [0.717, 1.165) is 6.07 Å². The third-order valence-corrected chi connectivity index (χ3v) is 3.91. The molecule has 0 heterocycles. The van der Waals surface area contributed by atoms with E-state index in [1.165, 1.54) is 13.0 Å². The Kier molecular flexibility index (Phi) is 3.75. The number of benzene rings is 1. The zero-order valence-electron chi connectivity index (χ0n) is 9.91. The van der Waals surface area contributed by atoms with Crippen molar-refractivity contribution >= 4 is 23.2 Å². The SMILES string of the molecule is CC(NC1(C(F)(F)F)CC1)c1cc(F)c(Cl)cc1Cl. The van der Waals surface area contributed by atoms with E-state index in [2.05, 4.69) is 5.32 Å². The van der Waals surface area contributed by atoms with Gasteiger partial charge in [0.2, 0.25) is 0 Å². The van der Waals surface area contributed by atoms with Crippen LogP contribution in [0.1, 0.15) is 31.4 Å². The molecule has 1 unspecified atom stereocenters. The van der Waals surface area contributed by atoms with E-state index in [0.29, 0.717) is 0 Å². The van der Waals surface area contributed by atoms with Gasteiger partial charge in [-0.2, -0.15) is 13.2 Å². The lowest BCUT2D eigenvalue weighted by Crippen LogP contribution is -2.46. The van der Waals surface area contributed by atoms with Crippen molar-refractivity contribution in [1.82, 2.24) is 5.32 Å². The molecular formula is C12H11Cl2F4N. The van der Waals surface area contributed by atoms with E-state index in [-0.39, 0.29) is 28.5 Å². The van der Waals surface area contributed by atoms with Crippen LogP contribution in [0.15, 0.2) is 12.1 Å². The van der Waals surface area contributed by atoms with Gasteiger partial charge in [0.1, 0.15) is 11.4 Å². The summed E-state index contributed by atoms with van der Waals surface area (Å²) < 4.78 is 51.8. The standard InChI is InChI=1S/C12H11Cl2F4N/c1-6(19-11(2-3-11)12(16,17)18)7-4-10(15)9(14)5-8(7)13/h4-6,19H,2-3H2,1H3. The highest BCUT2D eigenvalue weighted by molar-refractivity contribution is 6.35. The van der Waals surface area contributed by atoms with Crippen LogP contribution in [0.4, 0.5) is 17.6 Å². The normalized spacial score (nSPS) is 19.3. The van der Waals surface area contributed by atoms with Gasteiger partial charge in [0.15, 0.2) is 0 Å². The van der Waals surface area contributed by atoms with Crippen molar-refractivity contribution in [3.63, 3.8) is 0 Å². The van der Waals surface area contributed by atoms with Crippen molar-refractivity contribution in [3.05, 3.63) is 33.6 Å². The molecule has 1 fully saturated rings. The molecule has 19 heavy (non-hydrogen) atoms. The summed E-state index contributed by atoms with van der Waals surface area (Å²) in [6.45, 7) is 1.51. The summed E-state index contributed by atoms with van der Waals surface area (Å²) in [6.07, 6.45) is -4.28. The first kappa shape index (κ1) is 14.9. The van der Waals surface area contributed by atoms with Crippen molar-refractivity contribution in [2.45, 2.75) is 37.5 Å². The number of alkyl halides is 3. The monoisotopic (exact) mass is 315 g/mol. The second kappa shape index (κ2) is 4.79. The minimum Gasteiger partial charge on any atom is -0.297 e. The molecule has 7 heteroatoms. The first-order chi connectivity index (χ1) is 8.66. The average Bonchev–Trinajstić information content (AvgIpc) is 3.03. The maximum absolute atomic E-state index is 13.4. The summed E-state index contributed by atoms with van der Waals surface area (Å²) in [5.74, 6) is -0.702. The summed E-state index contributed by atoms with van der Waals surface area (Å²) in [4.78, 5) is 0. The molecule has 0 bridgehead atoms. The van der Waals surface area contributed by atoms with E-state index >= 15 is 0 Å². The molecule has 1 aliphatic rings. The molecule has 2 rings (SSSR count). The van der Waals surface area contributed by atoms with Crippen molar-refractivity contribution in [2.24, 2.45) is 0 Å². The van der Waals surface area contributed by atoms with Gasteiger partial charge >= 0.3 is 6.18 Å². The topological polar surface area (TPSA) is 12.0 Å². The molecule has 0 aliphatic heterocycles. The minimum atomic E-state index is -4.32. The molecule has 1 aromatic carbocycles. The fourth-order valence-electron chi connectivity index (χ4n) is 2.00. The molecule has 1 aliphatic carbocycles. The van der Waals surface area contributed by atoms with Crippen LogP contribution < -0.4 is 5.32 Å². The molecule has 0 radical (unpaired) electrons. The Hall–Kier alpha value is -0.520. The van der Waals surface area contributed by atoms with Gasteiger partial charge in [0.25, 0.3) is 0 Å². The average molecular weight is 316 g/mol. The first-order valence-corrected chi connectivity index (χ1v) is 6.41. The van der Waals surface area contributed by atoms with Gasteiger partial charge < -0.3 is 0 Å². The van der Waals surface area contributed by atoms with Crippen LogP contribution in [0, 0.1) is 5.82 Å². The van der Waals surface area contributed by atoms with Crippen molar-refractivity contribution < 1.29 is 17.6 Å². The van der Waals surface area contributed by atoms with Crippen molar-refractivity contribution in [1.29, 1.82) is 0 Å². The third kappa shape index (κ3) is 2.83. The smallest absolute Gasteiger partial charge is 0.297 e. The summed E-state index contributed by atoms with van der Waals surface area (Å²) in [5.41, 5.74) is -1.61. The van der Waals surface area contributed by atoms with Crippen LogP contribution in [-0.4, -0.2) is 11.7 Å². The number of rotatable bonds is 3. The Labute approximate surface area is 117 Å². The first-order valence-electron chi connectivity index (χ1n) is 5.65. The van der Waals surface area contributed by atoms with Crippen LogP contribution in [0.5, 0.6) is 0 Å². The number of hydrogen-bond donors (Lipinski definition) is 1. The molecular weight excluding hydrogens is 305 g/mol. The lowest BCUT2D eigenvalue weighted by atomic mass is 10.1. The molecule has 0 spiro atoms. The van der Waals surface area contributed by atoms with Crippen LogP contribution in [0.3, 0.4) is 0 Å². The van der Waals surface area contributed by atoms with Gasteiger partial charge in [0.05, 0.1) is 5.02 Å². The molecule has 0 aromatic heterocycles. The fraction of sp³-hybridized carbons (Fsp3) is 0.500. The molecule has 0 amide bonds. The summed E-state index contributed by atoms with van der Waals surface area (Å²) in [5, 5.41) is 2.48. The highest BCUT2D eigenvalue weighted by Gasteiger charge is 2.63. The summed E-state index contributed by atoms with van der Waals surface area (Å²) in [7, 11) is 0. The number of nitrogens with one attached hydrogen (secondary N) is 1. The highest BCUT2D eigenvalue weighted by atomic mass is 35.5. The Balaban J connectivity index is 2.22. The van der Waals surface area contributed by atoms with Crippen molar-refractivity contribution in [3.8, 4) is 0 Å². The quantitative estimate of drug-likeness (QED) is 0.619. The van der Waals surface area contributed by atoms with Gasteiger partial charge in [-0.3, -0.25) is 5.32 Å². The maximum atomic E-state index is 13.4. The van der Waals surface area contributed by atoms with Crippen LogP contribution in [0.2, 0.25) is 10.0 Å². The predicted molar refractivity (Wildman–Crippen MR) is 66.0 cm³/mol. The zero-order chi connectivity index (χ0) is 14.4. The van der Waals surface area contributed by atoms with Gasteiger partial charge in [-0.15, -0.1) is 0 Å². The Morgan fingerprint density at radius 2 is 1.79 bits per heavy atom. The second-order valence-corrected chi connectivity index (χ2v) is 5.55. The lowest BCUT2D eigenvalue weighted by molar-refractivity contribution is -0.167. The molecule has 1 N–H and O–H groups in total. The molecule has 1 aromatic rings. The fourth-order valence-corrected chi connectivity index (χ4v) is 2.54. The Morgan fingerprint density at radius 1 is 1.21 bits per heavy atom. The van der Waals surface area contributed by atoms with Gasteiger partial charge in [-0.25, -0.2) is 4.39 Å². The zero-order valence-corrected chi connectivity index (χ0v) is 11.4. The summed E-state index contributed by atoms with van der Waals surface area (Å²) >= 11 is 11.4. The van der Waals surface area contributed by atoms with Gasteiger partial charge in [-0.05, 0) is 37.5 Å². The van der Waals surface area contributed by atoms with Crippen LogP contribution >= 0.6 is 23.2 Å². The van der Waals surface area contributed by atoms with Gasteiger partial charge in [-0.1, -0.05) is 23.2 Å². The lowest BCUT2D eigenvalue weighted by Gasteiger charge is -2.26. The molecule has 1 atom stereocenters. The van der Waals surface area contributed by atoms with Gasteiger partial charge in [0, 0.05) is 11.1 Å². The van der Waals surface area contributed by atoms with E-state index in [4.69, 9.17) is 23.2 Å². The highest BCUT2D eigenvalue weighted by Crippen LogP contribution is 2.50. The van der Waals surface area contributed by atoms with E-state index in [1.54, 1.807) is 0 Å². The van der Waals surface area contributed by atoms with E-state index in [9.17, 15) is 17.6 Å². The maximum Gasteiger partial charge on any atom is 0.406 e. The van der Waals surface area contributed by atoms with Crippen LogP contribution in [-0.2, 0) is 0 Å². The predicted octanol–water partition coefficient (Wildman–Crippen LogP) is 4.88. The van der Waals surface area contributed by atoms with Crippen LogP contribution in [0.25, 0.3) is 0 Å². The number of halogens is 6. The molecule has 1 saturated carbocycles. The van der Waals surface area contributed by atoms with E-state index < -0.39 is 23.6 Å².